The van der Waals surface area contributed by atoms with E-state index in [1.54, 1.807) is 43.3 Å². The van der Waals surface area contributed by atoms with E-state index in [4.69, 9.17) is 9.47 Å². The minimum atomic E-state index is -1.18. The van der Waals surface area contributed by atoms with Gasteiger partial charge in [-0.25, -0.2) is 9.59 Å². The molecule has 28 heavy (non-hydrogen) atoms. The standard InChI is InChI=1S/C19H16I3NO5/c1-3-27-19(26)17(11-7-5-4-6-8-11)28-18(25)14-12(20)9-13(21)16(15(14)22)23-10(2)24/h4-9,17H,3H2,1-2H3,(H,23,24). The lowest BCUT2D eigenvalue weighted by Crippen LogP contribution is -2.23. The Labute approximate surface area is 203 Å². The van der Waals surface area contributed by atoms with Crippen molar-refractivity contribution in [2.45, 2.75) is 20.0 Å². The molecule has 2 aromatic rings. The third-order valence-electron chi connectivity index (χ3n) is 3.50. The second-order valence-corrected chi connectivity index (χ2v) is 8.94. The molecule has 1 amide bonds. The van der Waals surface area contributed by atoms with Gasteiger partial charge >= 0.3 is 11.9 Å². The van der Waals surface area contributed by atoms with Gasteiger partial charge in [-0.2, -0.15) is 0 Å². The summed E-state index contributed by atoms with van der Waals surface area (Å²) in [5.41, 5.74) is 1.34. The summed E-state index contributed by atoms with van der Waals surface area (Å²) in [5.74, 6) is -1.55. The van der Waals surface area contributed by atoms with Crippen LogP contribution in [0, 0.1) is 10.7 Å². The van der Waals surface area contributed by atoms with Crippen LogP contribution in [0.15, 0.2) is 36.4 Å². The summed E-state index contributed by atoms with van der Waals surface area (Å²) in [7, 11) is 0. The van der Waals surface area contributed by atoms with Crippen molar-refractivity contribution >= 4 is 91.3 Å². The Kier molecular flexibility index (Phi) is 8.92. The molecule has 0 aliphatic rings. The van der Waals surface area contributed by atoms with Crippen molar-refractivity contribution < 1.29 is 23.9 Å². The summed E-state index contributed by atoms with van der Waals surface area (Å²) >= 11 is 6.12. The molecule has 6 nitrogen and oxygen atoms in total. The number of halogens is 3. The molecular formula is C19H16I3NO5. The smallest absolute Gasteiger partial charge is 0.352 e. The van der Waals surface area contributed by atoms with E-state index >= 15 is 0 Å². The van der Waals surface area contributed by atoms with E-state index in [1.165, 1.54) is 6.92 Å². The van der Waals surface area contributed by atoms with Gasteiger partial charge in [0.1, 0.15) is 0 Å². The Hall–Kier alpha value is -0.960. The maximum atomic E-state index is 13.0. The van der Waals surface area contributed by atoms with Crippen molar-refractivity contribution in [3.63, 3.8) is 0 Å². The number of hydrogen-bond acceptors (Lipinski definition) is 5. The zero-order chi connectivity index (χ0) is 20.8. The maximum absolute atomic E-state index is 13.0. The predicted octanol–water partition coefficient (Wildman–Crippen LogP) is 4.92. The summed E-state index contributed by atoms with van der Waals surface area (Å²) in [6.07, 6.45) is -1.18. The number of hydrogen-bond donors (Lipinski definition) is 1. The average Bonchev–Trinajstić information content (AvgIpc) is 2.63. The highest BCUT2D eigenvalue weighted by Gasteiger charge is 2.30. The van der Waals surface area contributed by atoms with Crippen molar-refractivity contribution in [3.05, 3.63) is 58.2 Å². The number of benzene rings is 2. The molecule has 2 rings (SSSR count). The van der Waals surface area contributed by atoms with Crippen LogP contribution in [0.3, 0.4) is 0 Å². The van der Waals surface area contributed by atoms with Gasteiger partial charge in [0.25, 0.3) is 0 Å². The van der Waals surface area contributed by atoms with Crippen LogP contribution in [0.25, 0.3) is 0 Å². The van der Waals surface area contributed by atoms with Crippen LogP contribution in [0.5, 0.6) is 0 Å². The monoisotopic (exact) mass is 719 g/mol. The van der Waals surface area contributed by atoms with Crippen molar-refractivity contribution in [1.82, 2.24) is 0 Å². The highest BCUT2D eigenvalue weighted by Crippen LogP contribution is 2.33. The minimum absolute atomic E-state index is 0.172. The minimum Gasteiger partial charge on any atom is -0.463 e. The quantitative estimate of drug-likeness (QED) is 0.339. The number of carbonyl (C=O) groups is 3. The predicted molar refractivity (Wildman–Crippen MR) is 130 cm³/mol. The van der Waals surface area contributed by atoms with Gasteiger partial charge in [0.2, 0.25) is 12.0 Å². The summed E-state index contributed by atoms with van der Waals surface area (Å²) in [6.45, 7) is 3.26. The molecule has 0 saturated carbocycles. The fourth-order valence-electron chi connectivity index (χ4n) is 2.33. The van der Waals surface area contributed by atoms with Crippen LogP contribution in [0.4, 0.5) is 5.69 Å². The molecule has 0 heterocycles. The molecule has 0 aliphatic heterocycles. The number of ether oxygens (including phenoxy) is 2. The van der Waals surface area contributed by atoms with E-state index in [0.29, 0.717) is 18.4 Å². The molecule has 1 atom stereocenters. The van der Waals surface area contributed by atoms with Crippen molar-refractivity contribution in [1.29, 1.82) is 0 Å². The van der Waals surface area contributed by atoms with Crippen molar-refractivity contribution in [2.24, 2.45) is 0 Å². The first-order valence-corrected chi connectivity index (χ1v) is 11.4. The van der Waals surface area contributed by atoms with Gasteiger partial charge in [-0.15, -0.1) is 0 Å². The van der Waals surface area contributed by atoms with Gasteiger partial charge in [0.15, 0.2) is 0 Å². The SMILES string of the molecule is CCOC(=O)C(OC(=O)c1c(I)cc(I)c(NC(C)=O)c1I)c1ccccc1. The summed E-state index contributed by atoms with van der Waals surface area (Å²) in [4.78, 5) is 36.9. The first-order chi connectivity index (χ1) is 13.3. The van der Waals surface area contributed by atoms with Crippen LogP contribution in [-0.4, -0.2) is 24.5 Å². The zero-order valence-corrected chi connectivity index (χ0v) is 21.4. The lowest BCUT2D eigenvalue weighted by atomic mass is 10.1. The average molecular weight is 719 g/mol. The van der Waals surface area contributed by atoms with E-state index in [-0.39, 0.29) is 18.1 Å². The molecule has 0 fully saturated rings. The second kappa shape index (κ2) is 10.7. The maximum Gasteiger partial charge on any atom is 0.352 e. The Morgan fingerprint density at radius 1 is 1.07 bits per heavy atom. The first kappa shape index (κ1) is 23.3. The van der Waals surface area contributed by atoms with Gasteiger partial charge in [-0.1, -0.05) is 30.3 Å². The van der Waals surface area contributed by atoms with E-state index in [9.17, 15) is 14.4 Å². The number of nitrogens with one attached hydrogen (secondary N) is 1. The molecule has 0 spiro atoms. The first-order valence-electron chi connectivity index (χ1n) is 8.13. The molecule has 9 heteroatoms. The molecule has 148 valence electrons. The molecular weight excluding hydrogens is 703 g/mol. The largest absolute Gasteiger partial charge is 0.463 e. The van der Waals surface area contributed by atoms with Crippen LogP contribution in [0.2, 0.25) is 0 Å². The van der Waals surface area contributed by atoms with Gasteiger partial charge in [-0.05, 0) is 80.8 Å². The van der Waals surface area contributed by atoms with E-state index in [2.05, 4.69) is 27.9 Å². The van der Waals surface area contributed by atoms with Crippen LogP contribution in [-0.2, 0) is 19.1 Å². The molecule has 0 bridgehead atoms. The lowest BCUT2D eigenvalue weighted by Gasteiger charge is -2.19. The molecule has 0 saturated heterocycles. The molecule has 0 radical (unpaired) electrons. The number of esters is 2. The number of amides is 1. The fraction of sp³-hybridized carbons (Fsp3) is 0.211. The molecule has 1 unspecified atom stereocenters. The Bertz CT molecular complexity index is 902. The number of rotatable bonds is 6. The highest BCUT2D eigenvalue weighted by atomic mass is 127. The summed E-state index contributed by atoms with van der Waals surface area (Å²) in [6, 6.07) is 10.5. The van der Waals surface area contributed by atoms with E-state index in [1.807, 2.05) is 45.2 Å². The Morgan fingerprint density at radius 2 is 1.71 bits per heavy atom. The third kappa shape index (κ3) is 5.78. The Morgan fingerprint density at radius 3 is 2.29 bits per heavy atom. The summed E-state index contributed by atoms with van der Waals surface area (Å²) < 4.78 is 12.6. The van der Waals surface area contributed by atoms with Gasteiger partial charge in [0, 0.05) is 19.6 Å². The molecule has 0 aliphatic carbocycles. The fourth-order valence-corrected chi connectivity index (χ4v) is 6.41. The third-order valence-corrected chi connectivity index (χ3v) is 6.28. The van der Waals surface area contributed by atoms with Crippen LogP contribution < -0.4 is 5.32 Å². The van der Waals surface area contributed by atoms with Gasteiger partial charge in [0.05, 0.1) is 21.4 Å². The van der Waals surface area contributed by atoms with Gasteiger partial charge < -0.3 is 14.8 Å². The summed E-state index contributed by atoms with van der Waals surface area (Å²) in [5, 5.41) is 2.74. The van der Waals surface area contributed by atoms with Crippen molar-refractivity contribution in [3.8, 4) is 0 Å². The topological polar surface area (TPSA) is 81.7 Å². The number of anilines is 1. The zero-order valence-electron chi connectivity index (χ0n) is 14.9. The van der Waals surface area contributed by atoms with Crippen molar-refractivity contribution in [2.75, 3.05) is 11.9 Å². The van der Waals surface area contributed by atoms with E-state index < -0.39 is 18.0 Å². The molecule has 2 aromatic carbocycles. The van der Waals surface area contributed by atoms with Crippen LogP contribution >= 0.6 is 67.8 Å². The Balaban J connectivity index is 2.43. The number of carbonyl (C=O) groups excluding carboxylic acids is 3. The van der Waals surface area contributed by atoms with Gasteiger partial charge in [-0.3, -0.25) is 4.79 Å². The lowest BCUT2D eigenvalue weighted by molar-refractivity contribution is -0.153. The van der Waals surface area contributed by atoms with E-state index in [0.717, 1.165) is 3.57 Å². The molecule has 1 N–H and O–H groups in total. The highest BCUT2D eigenvalue weighted by molar-refractivity contribution is 14.1. The second-order valence-electron chi connectivity index (χ2n) is 5.53. The van der Waals surface area contributed by atoms with Crippen LogP contribution in [0.1, 0.15) is 35.9 Å². The normalized spacial score (nSPS) is 11.5. The molecule has 0 aromatic heterocycles.